The van der Waals surface area contributed by atoms with Gasteiger partial charge in [0.05, 0.1) is 6.54 Å². The molecular weight excluding hydrogens is 236 g/mol. The summed E-state index contributed by atoms with van der Waals surface area (Å²) in [5, 5.41) is 2.92. The standard InChI is InChI=1S/C16H22N2O/c1-13(2)5-4-12-18-16(19)15-9-7-14(8-10-15)6-3-11-17/h7-10,13H,4-5,11-12,17H2,1-2H3,(H,18,19). The van der Waals surface area contributed by atoms with E-state index < -0.39 is 0 Å². The van der Waals surface area contributed by atoms with Crippen LogP contribution in [0.25, 0.3) is 0 Å². The molecule has 0 fully saturated rings. The Hall–Kier alpha value is -1.79. The van der Waals surface area contributed by atoms with E-state index in [2.05, 4.69) is 31.0 Å². The number of carbonyl (C=O) groups excluding carboxylic acids is 1. The highest BCUT2D eigenvalue weighted by molar-refractivity contribution is 5.94. The summed E-state index contributed by atoms with van der Waals surface area (Å²) in [6, 6.07) is 7.26. The fourth-order valence-corrected chi connectivity index (χ4v) is 1.67. The first-order valence-corrected chi connectivity index (χ1v) is 6.70. The highest BCUT2D eigenvalue weighted by Gasteiger charge is 2.04. The van der Waals surface area contributed by atoms with Gasteiger partial charge in [0.25, 0.3) is 5.91 Å². The van der Waals surface area contributed by atoms with Crippen LogP contribution in [0.2, 0.25) is 0 Å². The SMILES string of the molecule is CC(C)CCCNC(=O)c1ccc(C#CCN)cc1. The van der Waals surface area contributed by atoms with Crippen LogP contribution in [0.4, 0.5) is 0 Å². The molecule has 1 aromatic rings. The molecule has 19 heavy (non-hydrogen) atoms. The molecule has 1 aromatic carbocycles. The first-order chi connectivity index (χ1) is 9.13. The van der Waals surface area contributed by atoms with Gasteiger partial charge in [-0.05, 0) is 43.0 Å². The van der Waals surface area contributed by atoms with Crippen LogP contribution in [-0.4, -0.2) is 19.0 Å². The number of nitrogens with one attached hydrogen (secondary N) is 1. The molecule has 0 aliphatic heterocycles. The molecular formula is C16H22N2O. The maximum absolute atomic E-state index is 11.8. The number of hydrogen-bond acceptors (Lipinski definition) is 2. The summed E-state index contributed by atoms with van der Waals surface area (Å²) in [6.45, 7) is 5.44. The molecule has 0 aliphatic carbocycles. The Labute approximate surface area is 115 Å². The summed E-state index contributed by atoms with van der Waals surface area (Å²) in [6.07, 6.45) is 2.15. The molecule has 3 nitrogen and oxygen atoms in total. The zero-order chi connectivity index (χ0) is 14.1. The zero-order valence-electron chi connectivity index (χ0n) is 11.7. The van der Waals surface area contributed by atoms with Gasteiger partial charge in [0.2, 0.25) is 0 Å². The van der Waals surface area contributed by atoms with Crippen molar-refractivity contribution in [2.24, 2.45) is 11.7 Å². The van der Waals surface area contributed by atoms with E-state index in [4.69, 9.17) is 5.73 Å². The Morgan fingerprint density at radius 3 is 2.58 bits per heavy atom. The molecule has 3 N–H and O–H groups in total. The van der Waals surface area contributed by atoms with Gasteiger partial charge >= 0.3 is 0 Å². The van der Waals surface area contributed by atoms with E-state index in [0.29, 0.717) is 18.0 Å². The summed E-state index contributed by atoms with van der Waals surface area (Å²) in [5.41, 5.74) is 6.85. The Balaban J connectivity index is 2.44. The van der Waals surface area contributed by atoms with E-state index in [9.17, 15) is 4.79 Å². The normalized spacial score (nSPS) is 9.89. The van der Waals surface area contributed by atoms with E-state index in [-0.39, 0.29) is 5.91 Å². The molecule has 0 heterocycles. The zero-order valence-corrected chi connectivity index (χ0v) is 11.7. The molecule has 0 saturated heterocycles. The first kappa shape index (κ1) is 15.3. The predicted molar refractivity (Wildman–Crippen MR) is 78.8 cm³/mol. The van der Waals surface area contributed by atoms with E-state index in [1.165, 1.54) is 0 Å². The van der Waals surface area contributed by atoms with Gasteiger partial charge in [0.1, 0.15) is 0 Å². The minimum atomic E-state index is -0.0258. The van der Waals surface area contributed by atoms with Crippen molar-refractivity contribution >= 4 is 5.91 Å². The highest BCUT2D eigenvalue weighted by Crippen LogP contribution is 2.04. The summed E-state index contributed by atoms with van der Waals surface area (Å²) in [4.78, 5) is 11.8. The van der Waals surface area contributed by atoms with Crippen LogP contribution < -0.4 is 11.1 Å². The third-order valence-electron chi connectivity index (χ3n) is 2.73. The second-order valence-corrected chi connectivity index (χ2v) is 4.88. The predicted octanol–water partition coefficient (Wildman–Crippen LogP) is 2.16. The van der Waals surface area contributed by atoms with Crippen molar-refractivity contribution in [2.75, 3.05) is 13.1 Å². The van der Waals surface area contributed by atoms with Crippen LogP contribution >= 0.6 is 0 Å². The molecule has 0 bridgehead atoms. The average molecular weight is 258 g/mol. The van der Waals surface area contributed by atoms with Crippen molar-refractivity contribution in [3.63, 3.8) is 0 Å². The summed E-state index contributed by atoms with van der Waals surface area (Å²) in [7, 11) is 0. The topological polar surface area (TPSA) is 55.1 Å². The number of amides is 1. The summed E-state index contributed by atoms with van der Waals surface area (Å²) >= 11 is 0. The van der Waals surface area contributed by atoms with Gasteiger partial charge in [0, 0.05) is 17.7 Å². The van der Waals surface area contributed by atoms with Crippen molar-refractivity contribution in [3.05, 3.63) is 35.4 Å². The minimum Gasteiger partial charge on any atom is -0.352 e. The quantitative estimate of drug-likeness (QED) is 0.628. The molecule has 1 rings (SSSR count). The largest absolute Gasteiger partial charge is 0.352 e. The van der Waals surface area contributed by atoms with Crippen LogP contribution in [0.1, 0.15) is 42.6 Å². The van der Waals surface area contributed by atoms with Gasteiger partial charge in [0.15, 0.2) is 0 Å². The van der Waals surface area contributed by atoms with Crippen LogP contribution in [0.5, 0.6) is 0 Å². The molecule has 0 unspecified atom stereocenters. The Morgan fingerprint density at radius 1 is 1.32 bits per heavy atom. The minimum absolute atomic E-state index is 0.0258. The lowest BCUT2D eigenvalue weighted by Gasteiger charge is -2.06. The van der Waals surface area contributed by atoms with Crippen molar-refractivity contribution < 1.29 is 4.79 Å². The third kappa shape index (κ3) is 6.08. The lowest BCUT2D eigenvalue weighted by Crippen LogP contribution is -2.24. The van der Waals surface area contributed by atoms with Crippen molar-refractivity contribution in [2.45, 2.75) is 26.7 Å². The number of rotatable bonds is 5. The third-order valence-corrected chi connectivity index (χ3v) is 2.73. The molecule has 0 atom stereocenters. The summed E-state index contributed by atoms with van der Waals surface area (Å²) in [5.74, 6) is 6.36. The molecule has 0 saturated carbocycles. The van der Waals surface area contributed by atoms with Gasteiger partial charge in [-0.1, -0.05) is 25.7 Å². The lowest BCUT2D eigenvalue weighted by atomic mass is 10.1. The Bertz CT molecular complexity index is 452. The molecule has 0 spiro atoms. The van der Waals surface area contributed by atoms with Gasteiger partial charge < -0.3 is 11.1 Å². The van der Waals surface area contributed by atoms with E-state index in [1.807, 2.05) is 12.1 Å². The van der Waals surface area contributed by atoms with Gasteiger partial charge in [-0.15, -0.1) is 0 Å². The monoisotopic (exact) mass is 258 g/mol. The lowest BCUT2D eigenvalue weighted by molar-refractivity contribution is 0.0952. The van der Waals surface area contributed by atoms with Crippen molar-refractivity contribution in [1.82, 2.24) is 5.32 Å². The van der Waals surface area contributed by atoms with Crippen LogP contribution in [0, 0.1) is 17.8 Å². The summed E-state index contributed by atoms with van der Waals surface area (Å²) < 4.78 is 0. The number of nitrogens with two attached hydrogens (primary N) is 1. The average Bonchev–Trinajstić information content (AvgIpc) is 2.41. The maximum Gasteiger partial charge on any atom is 0.251 e. The number of carbonyl (C=O) groups is 1. The van der Waals surface area contributed by atoms with Crippen LogP contribution in [0.3, 0.4) is 0 Å². The molecule has 0 aliphatic rings. The first-order valence-electron chi connectivity index (χ1n) is 6.70. The van der Waals surface area contributed by atoms with Crippen LogP contribution in [-0.2, 0) is 0 Å². The fourth-order valence-electron chi connectivity index (χ4n) is 1.67. The number of benzene rings is 1. The Kier molecular flexibility index (Phi) is 6.70. The van der Waals surface area contributed by atoms with Gasteiger partial charge in [-0.2, -0.15) is 0 Å². The van der Waals surface area contributed by atoms with E-state index >= 15 is 0 Å². The van der Waals surface area contributed by atoms with E-state index in [0.717, 1.165) is 24.9 Å². The smallest absolute Gasteiger partial charge is 0.251 e. The van der Waals surface area contributed by atoms with Gasteiger partial charge in [-0.3, -0.25) is 4.79 Å². The second kappa shape index (κ2) is 8.34. The molecule has 3 heteroatoms. The molecule has 102 valence electrons. The van der Waals surface area contributed by atoms with Crippen LogP contribution in [0.15, 0.2) is 24.3 Å². The molecule has 0 radical (unpaired) electrons. The van der Waals surface area contributed by atoms with Gasteiger partial charge in [-0.25, -0.2) is 0 Å². The maximum atomic E-state index is 11.8. The van der Waals surface area contributed by atoms with E-state index in [1.54, 1.807) is 12.1 Å². The fraction of sp³-hybridized carbons (Fsp3) is 0.438. The van der Waals surface area contributed by atoms with Crippen molar-refractivity contribution in [3.8, 4) is 11.8 Å². The Morgan fingerprint density at radius 2 is 2.00 bits per heavy atom. The number of hydrogen-bond donors (Lipinski definition) is 2. The molecule has 0 aromatic heterocycles. The molecule has 1 amide bonds. The highest BCUT2D eigenvalue weighted by atomic mass is 16.1. The van der Waals surface area contributed by atoms with Crippen molar-refractivity contribution in [1.29, 1.82) is 0 Å². The second-order valence-electron chi connectivity index (χ2n) is 4.88.